The summed E-state index contributed by atoms with van der Waals surface area (Å²) in [6, 6.07) is 27.9. The number of thiophene rings is 1. The van der Waals surface area contributed by atoms with E-state index in [1.54, 1.807) is 11.3 Å². The smallest absolute Gasteiger partial charge is 0.0483 e. The zero-order chi connectivity index (χ0) is 32.5. The molecule has 2 aromatic heterocycles. The summed E-state index contributed by atoms with van der Waals surface area (Å²) in [5, 5.41) is 8.16. The van der Waals surface area contributed by atoms with E-state index < -0.39 is 0 Å². The van der Waals surface area contributed by atoms with E-state index in [9.17, 15) is 0 Å². The van der Waals surface area contributed by atoms with Crippen LogP contribution in [0.5, 0.6) is 0 Å². The van der Waals surface area contributed by atoms with Crippen LogP contribution in [-0.2, 0) is 6.54 Å². The first-order valence-corrected chi connectivity index (χ1v) is 17.2. The predicted molar refractivity (Wildman–Crippen MR) is 205 cm³/mol. The Labute approximate surface area is 272 Å². The van der Waals surface area contributed by atoms with E-state index in [0.717, 1.165) is 12.5 Å². The van der Waals surface area contributed by atoms with Gasteiger partial charge in [-0.05, 0) is 63.4 Å². The molecule has 5 aromatic rings. The van der Waals surface area contributed by atoms with Crippen LogP contribution < -0.4 is 0 Å². The minimum atomic E-state index is 0. The van der Waals surface area contributed by atoms with E-state index in [1.165, 1.54) is 32.8 Å². The zero-order valence-corrected chi connectivity index (χ0v) is 30.3. The average Bonchev–Trinajstić information content (AvgIpc) is 3.72. The molecule has 0 saturated carbocycles. The molecule has 2 heterocycles. The lowest BCUT2D eigenvalue weighted by molar-refractivity contribution is 0.737. The Morgan fingerprint density at radius 2 is 1.09 bits per heavy atom. The first kappa shape index (κ1) is 44.6. The Morgan fingerprint density at radius 3 is 1.53 bits per heavy atom. The summed E-state index contributed by atoms with van der Waals surface area (Å²) in [5.74, 6) is 2.05. The Morgan fingerprint density at radius 1 is 0.605 bits per heavy atom. The van der Waals surface area contributed by atoms with Crippen molar-refractivity contribution < 1.29 is 0 Å². The number of hydrogen-bond acceptors (Lipinski definition) is 1. The highest BCUT2D eigenvalue weighted by Gasteiger charge is 2.09. The quantitative estimate of drug-likeness (QED) is 0.193. The second-order valence-electron chi connectivity index (χ2n) is 10.3. The largest absolute Gasteiger partial charge is 0.347 e. The van der Waals surface area contributed by atoms with Gasteiger partial charge >= 0.3 is 0 Å². The molecule has 0 fully saturated rings. The van der Waals surface area contributed by atoms with Gasteiger partial charge in [0, 0.05) is 23.6 Å². The summed E-state index contributed by atoms with van der Waals surface area (Å²) in [6.45, 7) is 30.7. The molecule has 0 spiro atoms. The van der Waals surface area contributed by atoms with Crippen molar-refractivity contribution in [2.24, 2.45) is 5.92 Å². The van der Waals surface area contributed by atoms with Crippen LogP contribution in [0.25, 0.3) is 21.7 Å². The van der Waals surface area contributed by atoms with Crippen LogP contribution in [0.15, 0.2) is 95.8 Å². The second kappa shape index (κ2) is 28.0. The highest BCUT2D eigenvalue weighted by Crippen LogP contribution is 2.27. The van der Waals surface area contributed by atoms with E-state index in [1.807, 2.05) is 64.4 Å². The van der Waals surface area contributed by atoms with Gasteiger partial charge in [-0.15, -0.1) is 0 Å². The standard InChI is InChI=1S/C13H17N.C13H14.C4H4S.C4H10.3C2H6.CH4/c1-4-14-9-12(10(2)3)11-7-5-6-8-13(11)14;1-10(2)12-8-7-11-5-3-4-6-13(11)9-12;1-2-4-5-3-1;1-4(2)3;3*1-2;/h5-10H,4H2,1-3H3;3-10H,1-2H3;1-4H;4H,1-3H3;3*1-2H3;1H4. The molecular formula is C41H67NS. The number of hydrogen-bond donors (Lipinski definition) is 0. The summed E-state index contributed by atoms with van der Waals surface area (Å²) in [4.78, 5) is 0. The zero-order valence-electron chi connectivity index (χ0n) is 29.5. The van der Waals surface area contributed by atoms with Crippen molar-refractivity contribution in [1.82, 2.24) is 4.57 Å². The first-order valence-electron chi connectivity index (χ1n) is 16.3. The molecule has 0 aliphatic rings. The van der Waals surface area contributed by atoms with Gasteiger partial charge < -0.3 is 4.57 Å². The molecule has 2 heteroatoms. The van der Waals surface area contributed by atoms with E-state index in [4.69, 9.17) is 0 Å². The third-order valence-electron chi connectivity index (χ3n) is 5.65. The van der Waals surface area contributed by atoms with Gasteiger partial charge in [0.05, 0.1) is 0 Å². The van der Waals surface area contributed by atoms with Gasteiger partial charge in [0.2, 0.25) is 0 Å². The maximum Gasteiger partial charge on any atom is 0.0483 e. The number of para-hydroxylation sites is 1. The molecule has 3 aromatic carbocycles. The molecule has 1 nitrogen and oxygen atoms in total. The van der Waals surface area contributed by atoms with E-state index >= 15 is 0 Å². The molecule has 5 rings (SSSR count). The normalized spacial score (nSPS) is 9.23. The van der Waals surface area contributed by atoms with Crippen LogP contribution in [0.1, 0.15) is 127 Å². The van der Waals surface area contributed by atoms with Crippen LogP contribution in [-0.4, -0.2) is 4.57 Å². The van der Waals surface area contributed by atoms with Crippen molar-refractivity contribution in [1.29, 1.82) is 0 Å². The molecular weight excluding hydrogens is 539 g/mol. The Kier molecular flexibility index (Phi) is 29.0. The molecule has 0 atom stereocenters. The third kappa shape index (κ3) is 17.8. The molecule has 0 unspecified atom stereocenters. The molecule has 0 bridgehead atoms. The van der Waals surface area contributed by atoms with Crippen molar-refractivity contribution >= 4 is 33.0 Å². The number of aromatic nitrogens is 1. The highest BCUT2D eigenvalue weighted by molar-refractivity contribution is 7.07. The minimum Gasteiger partial charge on any atom is -0.347 e. The fourth-order valence-corrected chi connectivity index (χ4v) is 4.24. The van der Waals surface area contributed by atoms with Crippen molar-refractivity contribution in [2.45, 2.75) is 123 Å². The van der Waals surface area contributed by atoms with Gasteiger partial charge in [0.25, 0.3) is 0 Å². The van der Waals surface area contributed by atoms with Crippen LogP contribution >= 0.6 is 11.3 Å². The van der Waals surface area contributed by atoms with Crippen molar-refractivity contribution in [2.75, 3.05) is 0 Å². The first-order chi connectivity index (χ1) is 20.2. The monoisotopic (exact) mass is 605 g/mol. The van der Waals surface area contributed by atoms with E-state index in [-0.39, 0.29) is 7.43 Å². The number of nitrogens with zero attached hydrogens (tertiary/aromatic N) is 1. The molecule has 0 amide bonds. The lowest BCUT2D eigenvalue weighted by Gasteiger charge is -2.06. The summed E-state index contributed by atoms with van der Waals surface area (Å²) >= 11 is 1.71. The van der Waals surface area contributed by atoms with Crippen molar-refractivity contribution in [3.63, 3.8) is 0 Å². The molecule has 0 aliphatic heterocycles. The lowest BCUT2D eigenvalue weighted by Crippen LogP contribution is -1.90. The maximum absolute atomic E-state index is 2.32. The Hall–Kier alpha value is -2.84. The van der Waals surface area contributed by atoms with Crippen molar-refractivity contribution in [3.8, 4) is 0 Å². The number of aryl methyl sites for hydroxylation is 1. The molecule has 0 radical (unpaired) electrons. The molecule has 43 heavy (non-hydrogen) atoms. The summed E-state index contributed by atoms with van der Waals surface area (Å²) in [5.41, 5.74) is 4.24. The van der Waals surface area contributed by atoms with E-state index in [0.29, 0.717) is 11.8 Å². The van der Waals surface area contributed by atoms with Gasteiger partial charge in [-0.1, -0.05) is 170 Å². The van der Waals surface area contributed by atoms with Gasteiger partial charge in [-0.2, -0.15) is 11.3 Å². The van der Waals surface area contributed by atoms with Gasteiger partial charge in [-0.3, -0.25) is 0 Å². The van der Waals surface area contributed by atoms with Crippen LogP contribution in [0.3, 0.4) is 0 Å². The summed E-state index contributed by atoms with van der Waals surface area (Å²) in [6.07, 6.45) is 2.29. The predicted octanol–water partition coefficient (Wildman–Crippen LogP) is 14.9. The lowest BCUT2D eigenvalue weighted by atomic mass is 9.99. The maximum atomic E-state index is 2.32. The Bertz CT molecular complexity index is 1240. The van der Waals surface area contributed by atoms with Crippen LogP contribution in [0.4, 0.5) is 0 Å². The topological polar surface area (TPSA) is 4.93 Å². The van der Waals surface area contributed by atoms with Crippen LogP contribution in [0.2, 0.25) is 0 Å². The average molecular weight is 606 g/mol. The van der Waals surface area contributed by atoms with Gasteiger partial charge in [0.15, 0.2) is 0 Å². The van der Waals surface area contributed by atoms with Crippen molar-refractivity contribution in [3.05, 3.63) is 107 Å². The van der Waals surface area contributed by atoms with Gasteiger partial charge in [-0.25, -0.2) is 0 Å². The van der Waals surface area contributed by atoms with Crippen LogP contribution in [0, 0.1) is 5.92 Å². The summed E-state index contributed by atoms with van der Waals surface area (Å²) < 4.78 is 2.32. The Balaban J connectivity index is -0.000000506. The third-order valence-corrected chi connectivity index (χ3v) is 6.28. The fourth-order valence-electron chi connectivity index (χ4n) is 3.79. The molecule has 242 valence electrons. The highest BCUT2D eigenvalue weighted by atomic mass is 32.1. The van der Waals surface area contributed by atoms with Gasteiger partial charge in [0.1, 0.15) is 0 Å². The number of fused-ring (bicyclic) bond motifs is 2. The molecule has 0 aliphatic carbocycles. The number of benzene rings is 3. The second-order valence-corrected chi connectivity index (χ2v) is 11.1. The fraction of sp³-hybridized carbons (Fsp3) is 0.463. The summed E-state index contributed by atoms with van der Waals surface area (Å²) in [7, 11) is 0. The van der Waals surface area contributed by atoms with E-state index in [2.05, 4.69) is 133 Å². The molecule has 0 saturated heterocycles. The molecule has 0 N–H and O–H groups in total. The minimum absolute atomic E-state index is 0. The number of rotatable bonds is 3. The SMILES string of the molecule is C.CC.CC.CC.CC(C)C.CC(C)c1ccc2ccccc2c1.CCn1cc(C(C)C)c2ccccc21.c1ccsc1.